The number of alkyl halides is 3. The van der Waals surface area contributed by atoms with E-state index in [4.69, 9.17) is 4.42 Å². The van der Waals surface area contributed by atoms with Crippen molar-refractivity contribution in [3.05, 3.63) is 71.1 Å². The Morgan fingerprint density at radius 2 is 2.11 bits per heavy atom. The lowest BCUT2D eigenvalue weighted by Gasteiger charge is -2.32. The summed E-state index contributed by atoms with van der Waals surface area (Å²) in [7, 11) is 1.76. The molecule has 36 heavy (non-hydrogen) atoms. The molecule has 0 spiro atoms. The van der Waals surface area contributed by atoms with Crippen molar-refractivity contribution in [1.82, 2.24) is 44.5 Å². The molecule has 0 saturated carbocycles. The molecule has 0 radical (unpaired) electrons. The Morgan fingerprint density at radius 3 is 2.86 bits per heavy atom. The van der Waals surface area contributed by atoms with Crippen LogP contribution in [0.1, 0.15) is 45.1 Å². The molecule has 1 aliphatic heterocycles. The largest absolute Gasteiger partial charge is 0.418 e. The number of hydrogen-bond acceptors (Lipinski definition) is 7. The lowest BCUT2D eigenvalue weighted by Crippen LogP contribution is -2.41. The first kappa shape index (κ1) is 22.0. The average molecular weight is 497 g/mol. The zero-order valence-corrected chi connectivity index (χ0v) is 19.0. The minimum absolute atomic E-state index is 0.123. The van der Waals surface area contributed by atoms with Crippen molar-refractivity contribution in [2.24, 2.45) is 7.05 Å². The number of imidazole rings is 1. The maximum Gasteiger partial charge on any atom is 0.418 e. The third kappa shape index (κ3) is 3.36. The van der Waals surface area contributed by atoms with Crippen molar-refractivity contribution in [2.75, 3.05) is 6.54 Å². The number of pyridine rings is 1. The number of halogens is 3. The number of carbonyl (C=O) groups excluding carboxylic acids is 1. The van der Waals surface area contributed by atoms with E-state index >= 15 is 0 Å². The molecule has 5 aromatic rings. The molecule has 1 amide bonds. The van der Waals surface area contributed by atoms with E-state index in [1.54, 1.807) is 17.9 Å². The summed E-state index contributed by atoms with van der Waals surface area (Å²) >= 11 is 0. The minimum Gasteiger partial charge on any atom is -0.412 e. The van der Waals surface area contributed by atoms with E-state index in [1.165, 1.54) is 29.6 Å². The Morgan fingerprint density at radius 1 is 1.28 bits per heavy atom. The van der Waals surface area contributed by atoms with Crippen LogP contribution in [-0.4, -0.2) is 56.9 Å². The molecule has 0 aromatic carbocycles. The van der Waals surface area contributed by atoms with Crippen LogP contribution in [0.2, 0.25) is 0 Å². The van der Waals surface area contributed by atoms with Gasteiger partial charge in [0, 0.05) is 37.6 Å². The second-order valence-corrected chi connectivity index (χ2v) is 8.42. The monoisotopic (exact) mass is 497 g/mol. The van der Waals surface area contributed by atoms with Crippen molar-refractivity contribution in [3.8, 4) is 11.5 Å². The number of hydrogen-bond donors (Lipinski definition) is 1. The normalized spacial score (nSPS) is 16.0. The van der Waals surface area contributed by atoms with Gasteiger partial charge in [0.1, 0.15) is 6.04 Å². The van der Waals surface area contributed by atoms with Crippen LogP contribution in [0.25, 0.3) is 17.0 Å². The first-order chi connectivity index (χ1) is 17.2. The summed E-state index contributed by atoms with van der Waals surface area (Å²) in [5, 5.41) is 16.4. The predicted octanol–water partition coefficient (Wildman–Crippen LogP) is 2.96. The van der Waals surface area contributed by atoms with Crippen molar-refractivity contribution in [3.63, 3.8) is 0 Å². The number of rotatable bonds is 3. The lowest BCUT2D eigenvalue weighted by atomic mass is 9.99. The predicted molar refractivity (Wildman–Crippen MR) is 117 cm³/mol. The van der Waals surface area contributed by atoms with Crippen LogP contribution >= 0.6 is 0 Å². The summed E-state index contributed by atoms with van der Waals surface area (Å²) in [4.78, 5) is 22.4. The van der Waals surface area contributed by atoms with Crippen LogP contribution in [0.15, 0.2) is 41.3 Å². The number of carbonyl (C=O) groups is 1. The highest BCUT2D eigenvalue weighted by atomic mass is 19.4. The summed E-state index contributed by atoms with van der Waals surface area (Å²) in [6.45, 7) is 2.06. The Hall–Kier alpha value is -4.49. The van der Waals surface area contributed by atoms with Gasteiger partial charge in [0.2, 0.25) is 0 Å². The van der Waals surface area contributed by atoms with E-state index in [2.05, 4.69) is 30.4 Å². The first-order valence-corrected chi connectivity index (χ1v) is 10.9. The fraction of sp³-hybridized carbons (Fsp3) is 0.273. The second-order valence-electron chi connectivity index (χ2n) is 8.42. The Bertz CT molecular complexity index is 1610. The number of aromatic nitrogens is 8. The average Bonchev–Trinajstić information content (AvgIpc) is 3.64. The minimum atomic E-state index is -4.57. The van der Waals surface area contributed by atoms with Crippen LogP contribution in [0.4, 0.5) is 13.2 Å². The van der Waals surface area contributed by atoms with Crippen molar-refractivity contribution < 1.29 is 22.4 Å². The molecule has 0 bridgehead atoms. The fourth-order valence-electron chi connectivity index (χ4n) is 4.45. The van der Waals surface area contributed by atoms with Gasteiger partial charge >= 0.3 is 18.0 Å². The first-order valence-electron chi connectivity index (χ1n) is 10.9. The SMILES string of the molecule is Cc1c(-c2nnc(C(=O)N3CCc4[nH]cnc4C3c3cc4c(C(F)(F)F)cccn4n3)o2)cnn1C. The molecule has 1 aliphatic rings. The van der Waals surface area contributed by atoms with Crippen molar-refractivity contribution >= 4 is 11.4 Å². The zero-order valence-electron chi connectivity index (χ0n) is 19.0. The Balaban J connectivity index is 1.42. The topological polar surface area (TPSA) is 123 Å². The van der Waals surface area contributed by atoms with Gasteiger partial charge < -0.3 is 14.3 Å². The molecule has 5 aromatic heterocycles. The van der Waals surface area contributed by atoms with E-state index < -0.39 is 23.7 Å². The number of amides is 1. The lowest BCUT2D eigenvalue weighted by molar-refractivity contribution is -0.136. The molecule has 0 saturated heterocycles. The third-order valence-electron chi connectivity index (χ3n) is 6.37. The van der Waals surface area contributed by atoms with Gasteiger partial charge in [0.15, 0.2) is 0 Å². The van der Waals surface area contributed by atoms with Gasteiger partial charge in [-0.1, -0.05) is 0 Å². The molecule has 1 atom stereocenters. The summed E-state index contributed by atoms with van der Waals surface area (Å²) in [6, 6.07) is 2.74. The van der Waals surface area contributed by atoms with E-state index in [1.807, 2.05) is 6.92 Å². The fourth-order valence-corrected chi connectivity index (χ4v) is 4.45. The highest BCUT2D eigenvalue weighted by Crippen LogP contribution is 2.37. The third-order valence-corrected chi connectivity index (χ3v) is 6.37. The number of nitrogens with zero attached hydrogens (tertiary/aromatic N) is 8. The number of aryl methyl sites for hydroxylation is 1. The number of nitrogens with one attached hydrogen (secondary N) is 1. The molecule has 6 rings (SSSR count). The number of H-pyrrole nitrogens is 1. The van der Waals surface area contributed by atoms with Gasteiger partial charge in [-0.2, -0.15) is 23.4 Å². The highest BCUT2D eigenvalue weighted by Gasteiger charge is 2.39. The van der Waals surface area contributed by atoms with Gasteiger partial charge in [-0.05, 0) is 25.1 Å². The Labute approximate surface area is 200 Å². The molecule has 11 nitrogen and oxygen atoms in total. The second kappa shape index (κ2) is 7.76. The molecular formula is C22H18F3N9O2. The summed E-state index contributed by atoms with van der Waals surface area (Å²) in [5.41, 5.74) is 1.92. The number of fused-ring (bicyclic) bond motifs is 2. The van der Waals surface area contributed by atoms with Crippen LogP contribution < -0.4 is 0 Å². The van der Waals surface area contributed by atoms with E-state index in [0.717, 1.165) is 22.0 Å². The summed E-state index contributed by atoms with van der Waals surface area (Å²) in [5.74, 6) is -0.695. The van der Waals surface area contributed by atoms with Gasteiger partial charge in [-0.3, -0.25) is 9.48 Å². The molecular weight excluding hydrogens is 479 g/mol. The standard InChI is InChI=1S/C22H18F3N9O2/c1-11-12(9-28-32(11)2)19-29-30-20(36-19)21(35)33-7-5-14-17(27-10-26-14)18(33)15-8-16-13(22(23,24)25)4-3-6-34(16)31-15/h3-4,6,8-10,18H,5,7H2,1-2H3,(H,26,27). The van der Waals surface area contributed by atoms with E-state index in [9.17, 15) is 18.0 Å². The smallest absolute Gasteiger partial charge is 0.412 e. The Kier molecular flexibility index (Phi) is 4.74. The highest BCUT2D eigenvalue weighted by molar-refractivity contribution is 5.90. The molecule has 0 fully saturated rings. The van der Waals surface area contributed by atoms with Crippen LogP contribution in [-0.2, 0) is 19.6 Å². The van der Waals surface area contributed by atoms with Gasteiger partial charge in [0.25, 0.3) is 5.89 Å². The molecule has 14 heteroatoms. The molecule has 6 heterocycles. The maximum atomic E-state index is 13.6. The quantitative estimate of drug-likeness (QED) is 0.407. The molecule has 1 N–H and O–H groups in total. The van der Waals surface area contributed by atoms with Crippen molar-refractivity contribution in [2.45, 2.75) is 25.6 Å². The van der Waals surface area contributed by atoms with Crippen LogP contribution in [0, 0.1) is 6.92 Å². The molecule has 184 valence electrons. The van der Waals surface area contributed by atoms with Gasteiger partial charge in [-0.15, -0.1) is 10.2 Å². The van der Waals surface area contributed by atoms with E-state index in [0.29, 0.717) is 17.7 Å². The van der Waals surface area contributed by atoms with Gasteiger partial charge in [0.05, 0.1) is 40.6 Å². The summed E-state index contributed by atoms with van der Waals surface area (Å²) in [6.07, 6.45) is 0.366. The van der Waals surface area contributed by atoms with Crippen LogP contribution in [0.5, 0.6) is 0 Å². The summed E-state index contributed by atoms with van der Waals surface area (Å²) < 4.78 is 49.3. The zero-order chi connectivity index (χ0) is 25.2. The van der Waals surface area contributed by atoms with Crippen molar-refractivity contribution in [1.29, 1.82) is 0 Å². The maximum absolute atomic E-state index is 13.6. The van der Waals surface area contributed by atoms with E-state index in [-0.39, 0.29) is 29.5 Å². The van der Waals surface area contributed by atoms with Gasteiger partial charge in [-0.25, -0.2) is 9.50 Å². The molecule has 1 unspecified atom stereocenters. The molecule has 0 aliphatic carbocycles. The van der Waals surface area contributed by atoms with Crippen LogP contribution in [0.3, 0.4) is 0 Å². The number of aromatic amines is 1.